The molecule has 0 saturated carbocycles. The van der Waals surface area contributed by atoms with Crippen LogP contribution in [0, 0.1) is 6.92 Å². The molecule has 0 bridgehead atoms. The predicted octanol–water partition coefficient (Wildman–Crippen LogP) is 2.07. The molecule has 2 nitrogen and oxygen atoms in total. The number of pyridine rings is 1. The van der Waals surface area contributed by atoms with Gasteiger partial charge in [0, 0.05) is 24.7 Å². The second-order valence-corrected chi connectivity index (χ2v) is 3.19. The lowest BCUT2D eigenvalue weighted by atomic mass is 10.1. The molecular weight excluding hydrogens is 174 g/mol. The van der Waals surface area contributed by atoms with Crippen LogP contribution in [0.15, 0.2) is 42.2 Å². The van der Waals surface area contributed by atoms with Crippen molar-refractivity contribution in [3.63, 3.8) is 0 Å². The first-order chi connectivity index (χ1) is 6.70. The van der Waals surface area contributed by atoms with E-state index in [-0.39, 0.29) is 5.56 Å². The van der Waals surface area contributed by atoms with Gasteiger partial charge in [-0.1, -0.05) is 18.2 Å². The zero-order chi connectivity index (χ0) is 10.6. The predicted molar refractivity (Wildman–Crippen MR) is 59.5 cm³/mol. The van der Waals surface area contributed by atoms with Crippen molar-refractivity contribution in [3.8, 4) is 0 Å². The Morgan fingerprint density at radius 1 is 1.36 bits per heavy atom. The van der Waals surface area contributed by atoms with Crippen molar-refractivity contribution < 1.29 is 0 Å². The van der Waals surface area contributed by atoms with Crippen LogP contribution in [-0.2, 0) is 13.0 Å². The summed E-state index contributed by atoms with van der Waals surface area (Å²) in [7, 11) is 0. The Hall–Kier alpha value is -1.57. The summed E-state index contributed by atoms with van der Waals surface area (Å²) >= 11 is 0. The maximum Gasteiger partial charge on any atom is 0.251 e. The zero-order valence-corrected chi connectivity index (χ0v) is 8.49. The third-order valence-electron chi connectivity index (χ3n) is 2.17. The van der Waals surface area contributed by atoms with Crippen LogP contribution in [0.4, 0.5) is 0 Å². The third kappa shape index (κ3) is 2.02. The highest BCUT2D eigenvalue weighted by Gasteiger charge is 2.03. The summed E-state index contributed by atoms with van der Waals surface area (Å²) in [6.07, 6.45) is 4.25. The Kier molecular flexibility index (Phi) is 3.46. The Labute approximate surface area is 84.2 Å². The molecule has 2 heteroatoms. The molecule has 0 fully saturated rings. The van der Waals surface area contributed by atoms with Gasteiger partial charge in [0.2, 0.25) is 0 Å². The van der Waals surface area contributed by atoms with Gasteiger partial charge < -0.3 is 4.57 Å². The van der Waals surface area contributed by atoms with Gasteiger partial charge in [-0.2, -0.15) is 0 Å². The lowest BCUT2D eigenvalue weighted by Crippen LogP contribution is -2.22. The molecule has 0 radical (unpaired) electrons. The van der Waals surface area contributed by atoms with Crippen molar-refractivity contribution in [3.05, 3.63) is 59.1 Å². The van der Waals surface area contributed by atoms with E-state index in [1.807, 2.05) is 13.0 Å². The summed E-state index contributed by atoms with van der Waals surface area (Å²) in [5.74, 6) is 0. The molecule has 0 N–H and O–H groups in total. The van der Waals surface area contributed by atoms with E-state index in [4.69, 9.17) is 0 Å². The molecule has 1 rings (SSSR count). The van der Waals surface area contributed by atoms with Gasteiger partial charge in [0.25, 0.3) is 5.56 Å². The monoisotopic (exact) mass is 189 g/mol. The van der Waals surface area contributed by atoms with Crippen molar-refractivity contribution in [1.82, 2.24) is 4.57 Å². The number of hydrogen-bond acceptors (Lipinski definition) is 1. The van der Waals surface area contributed by atoms with Crippen LogP contribution in [0.3, 0.4) is 0 Å². The molecule has 0 unspecified atom stereocenters. The molecule has 0 saturated heterocycles. The average molecular weight is 189 g/mol. The molecule has 14 heavy (non-hydrogen) atoms. The Morgan fingerprint density at radius 2 is 2.07 bits per heavy atom. The minimum atomic E-state index is 0.0207. The van der Waals surface area contributed by atoms with Gasteiger partial charge in [0.05, 0.1) is 0 Å². The Morgan fingerprint density at radius 3 is 2.64 bits per heavy atom. The summed E-state index contributed by atoms with van der Waals surface area (Å²) in [6, 6.07) is 3.44. The molecular formula is C12H15NO. The minimum Gasteiger partial charge on any atom is -0.308 e. The van der Waals surface area contributed by atoms with Crippen LogP contribution < -0.4 is 5.56 Å². The van der Waals surface area contributed by atoms with E-state index in [1.165, 1.54) is 0 Å². The molecule has 74 valence electrons. The zero-order valence-electron chi connectivity index (χ0n) is 8.49. The second-order valence-electron chi connectivity index (χ2n) is 3.19. The maximum atomic E-state index is 11.5. The number of rotatable bonds is 4. The average Bonchev–Trinajstić information content (AvgIpc) is 2.17. The standard InChI is InChI=1S/C12H15NO/c1-4-6-11-10(3)7-8-12(14)13(11)9-5-2/h4-5,7-8H,1-2,6,9H2,3H3. The van der Waals surface area contributed by atoms with Crippen molar-refractivity contribution in [2.75, 3.05) is 0 Å². The number of nitrogens with zero attached hydrogens (tertiary/aromatic N) is 1. The molecule has 0 spiro atoms. The highest BCUT2D eigenvalue weighted by atomic mass is 16.1. The van der Waals surface area contributed by atoms with E-state index < -0.39 is 0 Å². The molecule has 0 aliphatic carbocycles. The number of aryl methyl sites for hydroxylation is 1. The van der Waals surface area contributed by atoms with Crippen LogP contribution in [0.2, 0.25) is 0 Å². The van der Waals surface area contributed by atoms with E-state index in [0.717, 1.165) is 17.7 Å². The smallest absolute Gasteiger partial charge is 0.251 e. The van der Waals surface area contributed by atoms with Crippen molar-refractivity contribution in [1.29, 1.82) is 0 Å². The fourth-order valence-electron chi connectivity index (χ4n) is 1.47. The maximum absolute atomic E-state index is 11.5. The van der Waals surface area contributed by atoms with Crippen molar-refractivity contribution in [2.45, 2.75) is 19.9 Å². The van der Waals surface area contributed by atoms with Gasteiger partial charge in [-0.15, -0.1) is 13.2 Å². The number of hydrogen-bond donors (Lipinski definition) is 0. The summed E-state index contributed by atoms with van der Waals surface area (Å²) in [5, 5.41) is 0. The highest BCUT2D eigenvalue weighted by Crippen LogP contribution is 2.06. The van der Waals surface area contributed by atoms with Gasteiger partial charge in [-0.05, 0) is 12.5 Å². The first kappa shape index (κ1) is 10.5. The number of allylic oxidation sites excluding steroid dienone is 2. The lowest BCUT2D eigenvalue weighted by Gasteiger charge is -2.11. The SMILES string of the molecule is C=CCc1c(C)ccc(=O)n1CC=C. The molecule has 1 aromatic rings. The quantitative estimate of drug-likeness (QED) is 0.665. The van der Waals surface area contributed by atoms with Gasteiger partial charge in [-0.25, -0.2) is 0 Å². The minimum absolute atomic E-state index is 0.0207. The van der Waals surface area contributed by atoms with Crippen LogP contribution in [0.25, 0.3) is 0 Å². The number of aromatic nitrogens is 1. The summed E-state index contributed by atoms with van der Waals surface area (Å²) < 4.78 is 1.73. The van der Waals surface area contributed by atoms with E-state index in [9.17, 15) is 4.79 Å². The summed E-state index contributed by atoms with van der Waals surface area (Å²) in [4.78, 5) is 11.5. The second kappa shape index (κ2) is 4.61. The largest absolute Gasteiger partial charge is 0.308 e. The molecule has 0 atom stereocenters. The topological polar surface area (TPSA) is 22.0 Å². The Balaban J connectivity index is 3.32. The molecule has 0 aliphatic heterocycles. The first-order valence-corrected chi connectivity index (χ1v) is 4.61. The summed E-state index contributed by atoms with van der Waals surface area (Å²) in [6.45, 7) is 9.89. The fraction of sp³-hybridized carbons (Fsp3) is 0.250. The van der Waals surface area contributed by atoms with Crippen LogP contribution >= 0.6 is 0 Å². The molecule has 1 aromatic heterocycles. The molecule has 1 heterocycles. The van der Waals surface area contributed by atoms with Gasteiger partial charge in [0.1, 0.15) is 0 Å². The lowest BCUT2D eigenvalue weighted by molar-refractivity contribution is 0.726. The molecule has 0 aromatic carbocycles. The van der Waals surface area contributed by atoms with Crippen LogP contribution in [0.1, 0.15) is 11.3 Å². The van der Waals surface area contributed by atoms with Crippen LogP contribution in [0.5, 0.6) is 0 Å². The first-order valence-electron chi connectivity index (χ1n) is 4.61. The summed E-state index contributed by atoms with van der Waals surface area (Å²) in [5.41, 5.74) is 2.16. The van der Waals surface area contributed by atoms with Gasteiger partial charge in [0.15, 0.2) is 0 Å². The Bertz CT molecular complexity index is 401. The normalized spacial score (nSPS) is 9.79. The van der Waals surface area contributed by atoms with Gasteiger partial charge in [-0.3, -0.25) is 4.79 Å². The van der Waals surface area contributed by atoms with E-state index >= 15 is 0 Å². The van der Waals surface area contributed by atoms with E-state index in [1.54, 1.807) is 22.8 Å². The highest BCUT2D eigenvalue weighted by molar-refractivity contribution is 5.21. The molecule has 0 aliphatic rings. The van der Waals surface area contributed by atoms with Crippen LogP contribution in [-0.4, -0.2) is 4.57 Å². The van der Waals surface area contributed by atoms with Gasteiger partial charge >= 0.3 is 0 Å². The molecule has 0 amide bonds. The van der Waals surface area contributed by atoms with E-state index in [2.05, 4.69) is 13.2 Å². The fourth-order valence-corrected chi connectivity index (χ4v) is 1.47. The van der Waals surface area contributed by atoms with Crippen molar-refractivity contribution in [2.24, 2.45) is 0 Å². The van der Waals surface area contributed by atoms with E-state index in [0.29, 0.717) is 6.54 Å². The van der Waals surface area contributed by atoms with Crippen molar-refractivity contribution >= 4 is 0 Å². The third-order valence-corrected chi connectivity index (χ3v) is 2.17.